The highest BCUT2D eigenvalue weighted by Gasteiger charge is 2.13. The third kappa shape index (κ3) is 1.41. The molecule has 0 bridgehead atoms. The smallest absolute Gasteiger partial charge is 0.145 e. The number of nitrogens with one attached hydrogen (secondary N) is 2. The second kappa shape index (κ2) is 3.38. The van der Waals surface area contributed by atoms with Gasteiger partial charge in [-0.15, -0.1) is 0 Å². The molecule has 0 fully saturated rings. The van der Waals surface area contributed by atoms with E-state index in [1.807, 2.05) is 6.07 Å². The Kier molecular flexibility index (Phi) is 1.98. The molecule has 2 aromatic heterocycles. The molecule has 0 aliphatic rings. The van der Waals surface area contributed by atoms with E-state index in [2.05, 4.69) is 47.2 Å². The summed E-state index contributed by atoms with van der Waals surface area (Å²) in [6, 6.07) is 8.11. The van der Waals surface area contributed by atoms with Crippen molar-refractivity contribution in [3.63, 3.8) is 0 Å². The van der Waals surface area contributed by atoms with Crippen LogP contribution in [0.4, 0.5) is 5.82 Å². The number of aromatic amines is 2. The number of H-pyrrole nitrogens is 2. The summed E-state index contributed by atoms with van der Waals surface area (Å²) >= 11 is 0. The first-order valence-electron chi connectivity index (χ1n) is 5.56. The molecule has 0 aliphatic carbocycles. The van der Waals surface area contributed by atoms with Crippen LogP contribution >= 0.6 is 0 Å². The summed E-state index contributed by atoms with van der Waals surface area (Å²) in [7, 11) is 0. The number of nitrogens with two attached hydrogens (primary N) is 1. The number of aromatic nitrogens is 3. The standard InChI is InChI=1S/C13H14N4/c1-7-4-3-5-9-12(7)13(8(2)15-9)10-6-11(14)17-16-10/h3-6,15H,1-2H3,(H3,14,16,17). The molecule has 0 spiro atoms. The van der Waals surface area contributed by atoms with Crippen molar-refractivity contribution in [2.45, 2.75) is 13.8 Å². The van der Waals surface area contributed by atoms with Crippen LogP contribution in [0.2, 0.25) is 0 Å². The Hall–Kier alpha value is -2.23. The van der Waals surface area contributed by atoms with E-state index in [1.165, 1.54) is 10.9 Å². The van der Waals surface area contributed by atoms with Crippen molar-refractivity contribution in [2.75, 3.05) is 5.73 Å². The Morgan fingerprint density at radius 2 is 2.06 bits per heavy atom. The highest BCUT2D eigenvalue weighted by atomic mass is 15.2. The average Bonchev–Trinajstić information content (AvgIpc) is 2.82. The molecular weight excluding hydrogens is 212 g/mol. The van der Waals surface area contributed by atoms with Crippen molar-refractivity contribution in [3.05, 3.63) is 35.5 Å². The molecule has 0 saturated carbocycles. The van der Waals surface area contributed by atoms with Crippen molar-refractivity contribution < 1.29 is 0 Å². The third-order valence-electron chi connectivity index (χ3n) is 3.09. The van der Waals surface area contributed by atoms with Gasteiger partial charge in [-0.2, -0.15) is 5.10 Å². The van der Waals surface area contributed by atoms with Crippen molar-refractivity contribution in [2.24, 2.45) is 0 Å². The van der Waals surface area contributed by atoms with Gasteiger partial charge in [0.05, 0.1) is 5.69 Å². The number of hydrogen-bond acceptors (Lipinski definition) is 2. The zero-order chi connectivity index (χ0) is 12.0. The van der Waals surface area contributed by atoms with Crippen LogP contribution in [0, 0.1) is 13.8 Å². The molecule has 3 rings (SSSR count). The van der Waals surface area contributed by atoms with Gasteiger partial charge in [-0.3, -0.25) is 5.10 Å². The van der Waals surface area contributed by atoms with Crippen LogP contribution in [0.15, 0.2) is 24.3 Å². The van der Waals surface area contributed by atoms with E-state index in [0.29, 0.717) is 5.82 Å². The second-order valence-corrected chi connectivity index (χ2v) is 4.33. The van der Waals surface area contributed by atoms with Gasteiger partial charge in [0.15, 0.2) is 0 Å². The normalized spacial score (nSPS) is 11.2. The topological polar surface area (TPSA) is 70.5 Å². The summed E-state index contributed by atoms with van der Waals surface area (Å²) in [5.41, 5.74) is 11.3. The highest BCUT2D eigenvalue weighted by Crippen LogP contribution is 2.33. The van der Waals surface area contributed by atoms with Gasteiger partial charge in [-0.25, -0.2) is 0 Å². The predicted octanol–water partition coefficient (Wildman–Crippen LogP) is 2.76. The molecule has 4 N–H and O–H groups in total. The number of nitrogens with zero attached hydrogens (tertiary/aromatic N) is 1. The van der Waals surface area contributed by atoms with Crippen LogP contribution in [0.5, 0.6) is 0 Å². The fourth-order valence-electron chi connectivity index (χ4n) is 2.36. The summed E-state index contributed by atoms with van der Waals surface area (Å²) in [4.78, 5) is 3.39. The Morgan fingerprint density at radius 3 is 2.76 bits per heavy atom. The lowest BCUT2D eigenvalue weighted by molar-refractivity contribution is 1.10. The lowest BCUT2D eigenvalue weighted by Gasteiger charge is -2.00. The van der Waals surface area contributed by atoms with Gasteiger partial charge in [0.2, 0.25) is 0 Å². The number of benzene rings is 1. The maximum absolute atomic E-state index is 5.66. The van der Waals surface area contributed by atoms with Gasteiger partial charge in [-0.05, 0) is 25.5 Å². The largest absolute Gasteiger partial charge is 0.382 e. The Morgan fingerprint density at radius 1 is 1.24 bits per heavy atom. The maximum Gasteiger partial charge on any atom is 0.145 e. The van der Waals surface area contributed by atoms with Crippen molar-refractivity contribution in [1.29, 1.82) is 0 Å². The average molecular weight is 226 g/mol. The van der Waals surface area contributed by atoms with E-state index >= 15 is 0 Å². The van der Waals surface area contributed by atoms with Gasteiger partial charge in [-0.1, -0.05) is 12.1 Å². The molecule has 0 aliphatic heterocycles. The molecule has 0 unspecified atom stereocenters. The first-order chi connectivity index (χ1) is 8.16. The van der Waals surface area contributed by atoms with Gasteiger partial charge < -0.3 is 10.7 Å². The first-order valence-corrected chi connectivity index (χ1v) is 5.56. The van der Waals surface area contributed by atoms with E-state index in [4.69, 9.17) is 5.73 Å². The lowest BCUT2D eigenvalue weighted by Crippen LogP contribution is -1.81. The van der Waals surface area contributed by atoms with E-state index in [9.17, 15) is 0 Å². The molecular formula is C13H14N4. The minimum absolute atomic E-state index is 0.516. The van der Waals surface area contributed by atoms with Crippen molar-refractivity contribution in [1.82, 2.24) is 15.2 Å². The van der Waals surface area contributed by atoms with Crippen LogP contribution in [0.25, 0.3) is 22.2 Å². The van der Waals surface area contributed by atoms with Crippen LogP contribution in [0.1, 0.15) is 11.3 Å². The third-order valence-corrected chi connectivity index (χ3v) is 3.09. The molecule has 0 saturated heterocycles. The zero-order valence-corrected chi connectivity index (χ0v) is 9.83. The first kappa shape index (κ1) is 9.96. The van der Waals surface area contributed by atoms with Crippen LogP contribution < -0.4 is 5.73 Å². The van der Waals surface area contributed by atoms with Crippen LogP contribution in [-0.2, 0) is 0 Å². The highest BCUT2D eigenvalue weighted by molar-refractivity contribution is 5.98. The summed E-state index contributed by atoms with van der Waals surface area (Å²) in [5, 5.41) is 8.19. The monoisotopic (exact) mass is 226 g/mol. The summed E-state index contributed by atoms with van der Waals surface area (Å²) in [6.45, 7) is 4.17. The second-order valence-electron chi connectivity index (χ2n) is 4.33. The van der Waals surface area contributed by atoms with Crippen molar-refractivity contribution in [3.8, 4) is 11.3 Å². The molecule has 1 aromatic carbocycles. The molecule has 4 nitrogen and oxygen atoms in total. The number of anilines is 1. The minimum Gasteiger partial charge on any atom is -0.382 e. The SMILES string of the molecule is Cc1[nH]c2cccc(C)c2c1-c1cc(N)n[nH]1. The van der Waals surface area contributed by atoms with Gasteiger partial charge in [0.1, 0.15) is 5.82 Å². The van der Waals surface area contributed by atoms with E-state index < -0.39 is 0 Å². The lowest BCUT2D eigenvalue weighted by atomic mass is 10.0. The number of fused-ring (bicyclic) bond motifs is 1. The molecule has 2 heterocycles. The molecule has 4 heteroatoms. The summed E-state index contributed by atoms with van der Waals surface area (Å²) in [6.07, 6.45) is 0. The fraction of sp³-hybridized carbons (Fsp3) is 0.154. The molecule has 0 radical (unpaired) electrons. The number of hydrogen-bond donors (Lipinski definition) is 3. The number of rotatable bonds is 1. The zero-order valence-electron chi connectivity index (χ0n) is 9.83. The summed E-state index contributed by atoms with van der Waals surface area (Å²) < 4.78 is 0. The fourth-order valence-corrected chi connectivity index (χ4v) is 2.36. The molecule has 17 heavy (non-hydrogen) atoms. The van der Waals surface area contributed by atoms with Crippen LogP contribution in [0.3, 0.4) is 0 Å². The van der Waals surface area contributed by atoms with E-state index in [1.54, 1.807) is 0 Å². The Labute approximate surface area is 98.8 Å². The molecule has 0 amide bonds. The Balaban J connectivity index is 2.39. The van der Waals surface area contributed by atoms with Gasteiger partial charge in [0, 0.05) is 28.2 Å². The molecule has 0 atom stereocenters. The maximum atomic E-state index is 5.66. The van der Waals surface area contributed by atoms with Gasteiger partial charge in [0.25, 0.3) is 0 Å². The molecule has 86 valence electrons. The summed E-state index contributed by atoms with van der Waals surface area (Å²) in [5.74, 6) is 0.516. The quantitative estimate of drug-likeness (QED) is 0.597. The van der Waals surface area contributed by atoms with Gasteiger partial charge >= 0.3 is 0 Å². The number of aryl methyl sites for hydroxylation is 2. The minimum atomic E-state index is 0.516. The predicted molar refractivity (Wildman–Crippen MR) is 69.8 cm³/mol. The van der Waals surface area contributed by atoms with E-state index in [-0.39, 0.29) is 0 Å². The Bertz CT molecular complexity index is 691. The molecule has 3 aromatic rings. The van der Waals surface area contributed by atoms with Crippen molar-refractivity contribution >= 4 is 16.7 Å². The van der Waals surface area contributed by atoms with Crippen LogP contribution in [-0.4, -0.2) is 15.2 Å². The van der Waals surface area contributed by atoms with E-state index in [0.717, 1.165) is 22.5 Å². The number of nitrogen functional groups attached to an aromatic ring is 1.